The van der Waals surface area contributed by atoms with Gasteiger partial charge in [-0.25, -0.2) is 0 Å². The second-order valence-electron chi connectivity index (χ2n) is 6.63. The highest BCUT2D eigenvalue weighted by Gasteiger charge is 2.44. The molecule has 0 aromatic carbocycles. The lowest BCUT2D eigenvalue weighted by atomic mass is 9.70. The summed E-state index contributed by atoms with van der Waals surface area (Å²) < 4.78 is 8.28. The van der Waals surface area contributed by atoms with E-state index in [1.807, 2.05) is 0 Å². The number of ether oxygens (including phenoxy) is 1. The highest BCUT2D eigenvalue weighted by atomic mass is 16.5. The Labute approximate surface area is 128 Å². The summed E-state index contributed by atoms with van der Waals surface area (Å²) in [6, 6.07) is 2.70. The zero-order chi connectivity index (χ0) is 14.9. The minimum atomic E-state index is 0.211. The van der Waals surface area contributed by atoms with E-state index in [1.54, 1.807) is 0 Å². The maximum atomic E-state index is 6.09. The second-order valence-corrected chi connectivity index (χ2v) is 6.63. The van der Waals surface area contributed by atoms with Crippen LogP contribution in [0.25, 0.3) is 0 Å². The summed E-state index contributed by atoms with van der Waals surface area (Å²) in [7, 11) is 2.09. The van der Waals surface area contributed by atoms with Crippen LogP contribution >= 0.6 is 0 Å². The van der Waals surface area contributed by atoms with Crippen molar-refractivity contribution in [2.45, 2.75) is 70.6 Å². The monoisotopic (exact) mass is 291 g/mol. The predicted molar refractivity (Wildman–Crippen MR) is 84.3 cm³/mol. The number of hydrogen-bond acceptors (Lipinski definition) is 3. The van der Waals surface area contributed by atoms with Crippen molar-refractivity contribution in [3.8, 4) is 0 Å². The Hall–Kier alpha value is -0.870. The fourth-order valence-corrected chi connectivity index (χ4v) is 4.06. The van der Waals surface area contributed by atoms with Crippen molar-refractivity contribution in [3.63, 3.8) is 0 Å². The Morgan fingerprint density at radius 3 is 2.86 bits per heavy atom. The molecule has 118 valence electrons. The molecule has 1 N–H and O–H groups in total. The van der Waals surface area contributed by atoms with Crippen LogP contribution in [0.4, 0.5) is 0 Å². The number of hydrogen-bond donors (Lipinski definition) is 1. The van der Waals surface area contributed by atoms with Gasteiger partial charge >= 0.3 is 0 Å². The Balaban J connectivity index is 1.82. The number of nitrogens with zero attached hydrogens (tertiary/aromatic N) is 2. The number of nitrogens with one attached hydrogen (secondary N) is 1. The van der Waals surface area contributed by atoms with E-state index in [0.29, 0.717) is 12.0 Å². The molecule has 1 aliphatic carbocycles. The minimum Gasteiger partial charge on any atom is -0.375 e. The summed E-state index contributed by atoms with van der Waals surface area (Å²) in [5.41, 5.74) is 2.78. The number of aryl methyl sites for hydroxylation is 2. The van der Waals surface area contributed by atoms with Crippen molar-refractivity contribution in [2.75, 3.05) is 13.7 Å². The third kappa shape index (κ3) is 2.76. The molecule has 0 radical (unpaired) electrons. The van der Waals surface area contributed by atoms with Crippen LogP contribution in [-0.4, -0.2) is 29.0 Å². The molecule has 1 saturated heterocycles. The molecule has 2 heterocycles. The van der Waals surface area contributed by atoms with Gasteiger partial charge in [0.05, 0.1) is 23.0 Å². The average molecular weight is 291 g/mol. The predicted octanol–water partition coefficient (Wildman–Crippen LogP) is 3.08. The van der Waals surface area contributed by atoms with E-state index in [2.05, 4.69) is 37.0 Å². The van der Waals surface area contributed by atoms with Crippen LogP contribution in [0.2, 0.25) is 0 Å². The van der Waals surface area contributed by atoms with Crippen LogP contribution < -0.4 is 5.32 Å². The summed E-state index contributed by atoms with van der Waals surface area (Å²) >= 11 is 0. The first kappa shape index (κ1) is 15.0. The first-order valence-electron chi connectivity index (χ1n) is 8.59. The van der Waals surface area contributed by atoms with E-state index in [1.165, 1.54) is 37.1 Å². The smallest absolute Gasteiger partial charge is 0.0686 e. The first-order valence-corrected chi connectivity index (χ1v) is 8.59. The standard InChI is InChI=1S/C17H29N3O/c1-4-14-11-15(20(5-2)19-14)16(18-3)13-7-10-21-17(12-13)8-6-9-17/h11,13,16,18H,4-10,12H2,1-3H3. The van der Waals surface area contributed by atoms with Gasteiger partial charge in [-0.1, -0.05) is 6.92 Å². The molecule has 1 aliphatic heterocycles. The Morgan fingerprint density at radius 2 is 2.29 bits per heavy atom. The fraction of sp³-hybridized carbons (Fsp3) is 0.824. The Bertz CT molecular complexity index is 478. The molecule has 1 aromatic heterocycles. The highest BCUT2D eigenvalue weighted by molar-refractivity contribution is 5.16. The molecule has 2 atom stereocenters. The maximum absolute atomic E-state index is 6.09. The molecule has 2 unspecified atom stereocenters. The molecule has 2 aliphatic rings. The number of aromatic nitrogens is 2. The summed E-state index contributed by atoms with van der Waals surface area (Å²) in [5.74, 6) is 0.663. The van der Waals surface area contributed by atoms with Gasteiger partial charge in [0, 0.05) is 13.2 Å². The largest absolute Gasteiger partial charge is 0.375 e. The number of rotatable bonds is 5. The summed E-state index contributed by atoms with van der Waals surface area (Å²) in [6.07, 6.45) is 7.22. The van der Waals surface area contributed by atoms with Crippen LogP contribution in [0.1, 0.15) is 63.4 Å². The second kappa shape index (κ2) is 6.09. The van der Waals surface area contributed by atoms with Gasteiger partial charge in [0.1, 0.15) is 0 Å². The lowest BCUT2D eigenvalue weighted by molar-refractivity contribution is -0.147. The molecule has 3 rings (SSSR count). The molecule has 4 nitrogen and oxygen atoms in total. The van der Waals surface area contributed by atoms with E-state index in [9.17, 15) is 0 Å². The molecule has 2 fully saturated rings. The van der Waals surface area contributed by atoms with E-state index in [0.717, 1.165) is 26.0 Å². The lowest BCUT2D eigenvalue weighted by Crippen LogP contribution is -2.48. The maximum Gasteiger partial charge on any atom is 0.0686 e. The van der Waals surface area contributed by atoms with Crippen molar-refractivity contribution in [1.82, 2.24) is 15.1 Å². The van der Waals surface area contributed by atoms with Crippen LogP contribution in [0, 0.1) is 5.92 Å². The average Bonchev–Trinajstić information content (AvgIpc) is 2.90. The van der Waals surface area contributed by atoms with E-state index >= 15 is 0 Å². The summed E-state index contributed by atoms with van der Waals surface area (Å²) in [5, 5.41) is 8.30. The highest BCUT2D eigenvalue weighted by Crippen LogP contribution is 2.47. The molecule has 1 spiro atoms. The quantitative estimate of drug-likeness (QED) is 0.906. The molecule has 0 amide bonds. The SMILES string of the molecule is CCc1cc(C(NC)C2CCOC3(CCC3)C2)n(CC)n1. The molecule has 1 aromatic rings. The van der Waals surface area contributed by atoms with Gasteiger partial charge in [-0.2, -0.15) is 5.10 Å². The van der Waals surface area contributed by atoms with Crippen molar-refractivity contribution < 1.29 is 4.74 Å². The molecular formula is C17H29N3O. The molecular weight excluding hydrogens is 262 g/mol. The van der Waals surface area contributed by atoms with Crippen LogP contribution in [0.5, 0.6) is 0 Å². The van der Waals surface area contributed by atoms with Crippen molar-refractivity contribution in [1.29, 1.82) is 0 Å². The fourth-order valence-electron chi connectivity index (χ4n) is 4.06. The topological polar surface area (TPSA) is 39.1 Å². The molecule has 0 bridgehead atoms. The van der Waals surface area contributed by atoms with Crippen LogP contribution in [0.15, 0.2) is 6.07 Å². The van der Waals surface area contributed by atoms with Gasteiger partial charge in [0.15, 0.2) is 0 Å². The Kier molecular flexibility index (Phi) is 4.36. The van der Waals surface area contributed by atoms with Gasteiger partial charge < -0.3 is 10.1 Å². The van der Waals surface area contributed by atoms with Crippen molar-refractivity contribution >= 4 is 0 Å². The third-order valence-corrected chi connectivity index (χ3v) is 5.42. The van der Waals surface area contributed by atoms with Gasteiger partial charge in [-0.05, 0) is 64.5 Å². The first-order chi connectivity index (χ1) is 10.2. The lowest BCUT2D eigenvalue weighted by Gasteiger charge is -2.48. The zero-order valence-corrected chi connectivity index (χ0v) is 13.7. The normalized spacial score (nSPS) is 25.8. The van der Waals surface area contributed by atoms with Crippen LogP contribution in [0.3, 0.4) is 0 Å². The third-order valence-electron chi connectivity index (χ3n) is 5.42. The molecule has 21 heavy (non-hydrogen) atoms. The van der Waals surface area contributed by atoms with Crippen molar-refractivity contribution in [3.05, 3.63) is 17.5 Å². The minimum absolute atomic E-state index is 0.211. The van der Waals surface area contributed by atoms with Crippen molar-refractivity contribution in [2.24, 2.45) is 5.92 Å². The van der Waals surface area contributed by atoms with Crippen LogP contribution in [-0.2, 0) is 17.7 Å². The van der Waals surface area contributed by atoms with Gasteiger partial charge in [-0.15, -0.1) is 0 Å². The summed E-state index contributed by atoms with van der Waals surface area (Å²) in [6.45, 7) is 6.23. The molecule has 1 saturated carbocycles. The van der Waals surface area contributed by atoms with E-state index in [4.69, 9.17) is 9.84 Å². The van der Waals surface area contributed by atoms with E-state index in [-0.39, 0.29) is 5.60 Å². The molecule has 4 heteroatoms. The zero-order valence-electron chi connectivity index (χ0n) is 13.7. The van der Waals surface area contributed by atoms with Gasteiger partial charge in [0.25, 0.3) is 0 Å². The van der Waals surface area contributed by atoms with Gasteiger partial charge in [-0.3, -0.25) is 4.68 Å². The summed E-state index contributed by atoms with van der Waals surface area (Å²) in [4.78, 5) is 0. The Morgan fingerprint density at radius 1 is 1.48 bits per heavy atom. The van der Waals surface area contributed by atoms with Gasteiger partial charge in [0.2, 0.25) is 0 Å². The van der Waals surface area contributed by atoms with E-state index < -0.39 is 0 Å².